The summed E-state index contributed by atoms with van der Waals surface area (Å²) >= 11 is 1.83. The summed E-state index contributed by atoms with van der Waals surface area (Å²) in [6.45, 7) is 0. The fourth-order valence-electron chi connectivity index (χ4n) is 4.34. The van der Waals surface area contributed by atoms with Gasteiger partial charge in [-0.05, 0) is 45.7 Å². The molecule has 0 aliphatic rings. The number of hydrogen-bond acceptors (Lipinski definition) is 1. The molecular formula is C31H24S. The fourth-order valence-corrected chi connectivity index (χ4v) is 5.20. The molecule has 0 fully saturated rings. The summed E-state index contributed by atoms with van der Waals surface area (Å²) in [6.07, 6.45) is 2.19. The van der Waals surface area contributed by atoms with E-state index in [-0.39, 0.29) is 0 Å². The maximum Gasteiger partial charge on any atom is 0.0239 e. The maximum atomic E-state index is 2.38. The Bertz CT molecular complexity index is 1210. The van der Waals surface area contributed by atoms with Gasteiger partial charge < -0.3 is 0 Å². The number of hydrogen-bond donors (Lipinski definition) is 0. The van der Waals surface area contributed by atoms with Crippen LogP contribution in [0.5, 0.6) is 0 Å². The summed E-state index contributed by atoms with van der Waals surface area (Å²) in [7, 11) is 0. The van der Waals surface area contributed by atoms with Gasteiger partial charge in [-0.2, -0.15) is 0 Å². The SMILES string of the molecule is CSc1c(-c2ccccc2)c(-c2ccccc2)cc(-c2ccccc2)c1-c1ccccc1. The summed E-state index contributed by atoms with van der Waals surface area (Å²) in [4.78, 5) is 1.31. The van der Waals surface area contributed by atoms with Crippen LogP contribution in [0.3, 0.4) is 0 Å². The van der Waals surface area contributed by atoms with Crippen LogP contribution in [0.25, 0.3) is 44.5 Å². The average molecular weight is 429 g/mol. The molecule has 154 valence electrons. The van der Waals surface area contributed by atoms with E-state index in [1.807, 2.05) is 11.8 Å². The molecule has 0 aliphatic carbocycles. The molecule has 5 aromatic rings. The normalized spacial score (nSPS) is 10.8. The van der Waals surface area contributed by atoms with E-state index in [2.05, 4.69) is 134 Å². The van der Waals surface area contributed by atoms with Gasteiger partial charge in [-0.25, -0.2) is 0 Å². The topological polar surface area (TPSA) is 0 Å². The van der Waals surface area contributed by atoms with Crippen molar-refractivity contribution in [1.29, 1.82) is 0 Å². The Balaban J connectivity index is 1.94. The van der Waals surface area contributed by atoms with Gasteiger partial charge in [-0.1, -0.05) is 121 Å². The van der Waals surface area contributed by atoms with Crippen molar-refractivity contribution in [3.05, 3.63) is 127 Å². The first-order valence-corrected chi connectivity index (χ1v) is 12.1. The molecule has 0 saturated carbocycles. The third-order valence-corrected chi connectivity index (χ3v) is 6.60. The Morgan fingerprint density at radius 1 is 0.406 bits per heavy atom. The highest BCUT2D eigenvalue weighted by Crippen LogP contribution is 2.49. The lowest BCUT2D eigenvalue weighted by Gasteiger charge is -2.23. The van der Waals surface area contributed by atoms with Crippen LogP contribution >= 0.6 is 11.8 Å². The Kier molecular flexibility index (Phi) is 5.91. The summed E-state index contributed by atoms with van der Waals surface area (Å²) in [5, 5.41) is 0. The van der Waals surface area contributed by atoms with Gasteiger partial charge in [0.25, 0.3) is 0 Å². The van der Waals surface area contributed by atoms with E-state index in [0.29, 0.717) is 0 Å². The van der Waals surface area contributed by atoms with Crippen molar-refractivity contribution in [1.82, 2.24) is 0 Å². The molecule has 0 heterocycles. The van der Waals surface area contributed by atoms with E-state index in [9.17, 15) is 0 Å². The minimum absolute atomic E-state index is 1.23. The molecule has 0 amide bonds. The Hall–Kier alpha value is -3.55. The highest BCUT2D eigenvalue weighted by atomic mass is 32.2. The van der Waals surface area contributed by atoms with Crippen molar-refractivity contribution < 1.29 is 0 Å². The molecular weight excluding hydrogens is 404 g/mol. The van der Waals surface area contributed by atoms with Crippen LogP contribution in [0, 0.1) is 0 Å². The highest BCUT2D eigenvalue weighted by molar-refractivity contribution is 7.98. The number of rotatable bonds is 5. The van der Waals surface area contributed by atoms with Gasteiger partial charge in [-0.3, -0.25) is 0 Å². The van der Waals surface area contributed by atoms with Crippen molar-refractivity contribution in [2.45, 2.75) is 4.90 Å². The molecule has 0 unspecified atom stereocenters. The van der Waals surface area contributed by atoms with Gasteiger partial charge in [0, 0.05) is 16.0 Å². The van der Waals surface area contributed by atoms with Crippen LogP contribution < -0.4 is 0 Å². The lowest BCUT2D eigenvalue weighted by atomic mass is 9.85. The van der Waals surface area contributed by atoms with Crippen LogP contribution in [-0.2, 0) is 0 Å². The van der Waals surface area contributed by atoms with Gasteiger partial charge in [-0.15, -0.1) is 11.8 Å². The highest BCUT2D eigenvalue weighted by Gasteiger charge is 2.21. The van der Waals surface area contributed by atoms with Crippen LogP contribution in [0.1, 0.15) is 0 Å². The molecule has 0 bridgehead atoms. The maximum absolute atomic E-state index is 2.38. The minimum atomic E-state index is 1.23. The fraction of sp³-hybridized carbons (Fsp3) is 0.0323. The zero-order chi connectivity index (χ0) is 21.8. The summed E-state index contributed by atoms with van der Waals surface area (Å²) in [5.41, 5.74) is 10.1. The molecule has 0 spiro atoms. The Morgan fingerprint density at radius 2 is 0.719 bits per heavy atom. The summed E-state index contributed by atoms with van der Waals surface area (Å²) in [5.74, 6) is 0. The molecule has 0 atom stereocenters. The largest absolute Gasteiger partial charge is 0.128 e. The molecule has 32 heavy (non-hydrogen) atoms. The molecule has 0 aliphatic heterocycles. The molecule has 0 N–H and O–H groups in total. The lowest BCUT2D eigenvalue weighted by Crippen LogP contribution is -1.96. The molecule has 1 heteroatoms. The predicted octanol–water partition coefficient (Wildman–Crippen LogP) is 9.08. The number of thioether (sulfide) groups is 1. The molecule has 5 aromatic carbocycles. The zero-order valence-electron chi connectivity index (χ0n) is 18.0. The average Bonchev–Trinajstić information content (AvgIpc) is 2.89. The van der Waals surface area contributed by atoms with Crippen LogP contribution in [-0.4, -0.2) is 6.26 Å². The van der Waals surface area contributed by atoms with E-state index in [1.54, 1.807) is 0 Å². The van der Waals surface area contributed by atoms with E-state index in [1.165, 1.54) is 49.4 Å². The minimum Gasteiger partial charge on any atom is -0.128 e. The molecule has 0 nitrogen and oxygen atoms in total. The standard InChI is InChI=1S/C31H24S/c1-32-31-29(25-18-10-4-11-19-25)27(23-14-6-2-7-15-23)22-28(24-16-8-3-9-17-24)30(31)26-20-12-5-13-21-26/h2-22H,1H3. The molecule has 0 radical (unpaired) electrons. The Labute approximate surface area is 194 Å². The van der Waals surface area contributed by atoms with Gasteiger partial charge >= 0.3 is 0 Å². The Morgan fingerprint density at radius 3 is 1.03 bits per heavy atom. The van der Waals surface area contributed by atoms with Crippen molar-refractivity contribution in [2.24, 2.45) is 0 Å². The second-order valence-corrected chi connectivity index (χ2v) is 8.54. The van der Waals surface area contributed by atoms with Gasteiger partial charge in [0.2, 0.25) is 0 Å². The first-order chi connectivity index (χ1) is 15.9. The quantitative estimate of drug-likeness (QED) is 0.252. The first kappa shape index (κ1) is 20.4. The summed E-state index contributed by atoms with van der Waals surface area (Å²) < 4.78 is 0. The number of benzene rings is 5. The van der Waals surface area contributed by atoms with Crippen molar-refractivity contribution in [3.8, 4) is 44.5 Å². The third-order valence-electron chi connectivity index (χ3n) is 5.78. The van der Waals surface area contributed by atoms with Gasteiger partial charge in [0.1, 0.15) is 0 Å². The molecule has 0 saturated heterocycles. The lowest BCUT2D eigenvalue weighted by molar-refractivity contribution is 1.42. The molecule has 5 rings (SSSR count). The van der Waals surface area contributed by atoms with E-state index < -0.39 is 0 Å². The van der Waals surface area contributed by atoms with E-state index >= 15 is 0 Å². The second kappa shape index (κ2) is 9.30. The van der Waals surface area contributed by atoms with Crippen molar-refractivity contribution in [3.63, 3.8) is 0 Å². The third kappa shape index (κ3) is 3.88. The van der Waals surface area contributed by atoms with Gasteiger partial charge in [0.15, 0.2) is 0 Å². The van der Waals surface area contributed by atoms with E-state index in [0.717, 1.165) is 0 Å². The van der Waals surface area contributed by atoms with Crippen LogP contribution in [0.15, 0.2) is 132 Å². The first-order valence-electron chi connectivity index (χ1n) is 10.8. The van der Waals surface area contributed by atoms with Gasteiger partial charge in [0.05, 0.1) is 0 Å². The van der Waals surface area contributed by atoms with Crippen LogP contribution in [0.4, 0.5) is 0 Å². The smallest absolute Gasteiger partial charge is 0.0239 e. The predicted molar refractivity (Wildman–Crippen MR) is 140 cm³/mol. The monoisotopic (exact) mass is 428 g/mol. The van der Waals surface area contributed by atoms with Crippen molar-refractivity contribution in [2.75, 3.05) is 6.26 Å². The second-order valence-electron chi connectivity index (χ2n) is 7.72. The van der Waals surface area contributed by atoms with E-state index in [4.69, 9.17) is 0 Å². The zero-order valence-corrected chi connectivity index (χ0v) is 18.8. The van der Waals surface area contributed by atoms with Crippen LogP contribution in [0.2, 0.25) is 0 Å². The van der Waals surface area contributed by atoms with Crippen molar-refractivity contribution >= 4 is 11.8 Å². The summed E-state index contributed by atoms with van der Waals surface area (Å²) in [6, 6.07) is 45.4. The molecule has 0 aromatic heterocycles.